The maximum Gasteiger partial charge on any atom is 0.408 e. The summed E-state index contributed by atoms with van der Waals surface area (Å²) in [6.45, 7) is 1.66. The third kappa shape index (κ3) is 9.44. The SMILES string of the molecule is CCOC(=O)C[C@H](c1ccc([N+](=O)[O-])cc1)[C@@H](NC(=O)[C@H](Cc1ccccc1)NC(=O)OCc1ccccc1)C(N)=O. The summed E-state index contributed by atoms with van der Waals surface area (Å²) in [6, 6.07) is 20.4. The van der Waals surface area contributed by atoms with E-state index in [1.165, 1.54) is 24.3 Å². The van der Waals surface area contributed by atoms with E-state index in [-0.39, 0.29) is 31.7 Å². The summed E-state index contributed by atoms with van der Waals surface area (Å²) >= 11 is 0. The van der Waals surface area contributed by atoms with Gasteiger partial charge in [0.25, 0.3) is 5.69 Å². The Morgan fingerprint density at radius 3 is 2.00 bits per heavy atom. The lowest BCUT2D eigenvalue weighted by Crippen LogP contribution is -2.55. The number of nitro groups is 1. The molecule has 3 aromatic rings. The second kappa shape index (κ2) is 15.5. The van der Waals surface area contributed by atoms with Crippen molar-refractivity contribution in [3.05, 3.63) is 112 Å². The number of primary amides is 1. The molecule has 220 valence electrons. The van der Waals surface area contributed by atoms with Crippen molar-refractivity contribution in [1.82, 2.24) is 10.6 Å². The fourth-order valence-corrected chi connectivity index (χ4v) is 4.26. The number of hydrogen-bond acceptors (Lipinski definition) is 8. The molecule has 3 rings (SSSR count). The summed E-state index contributed by atoms with van der Waals surface area (Å²) in [5.74, 6) is -3.39. The zero-order chi connectivity index (χ0) is 30.5. The largest absolute Gasteiger partial charge is 0.466 e. The Morgan fingerprint density at radius 1 is 0.857 bits per heavy atom. The zero-order valence-electron chi connectivity index (χ0n) is 22.9. The molecule has 0 bridgehead atoms. The molecule has 3 atom stereocenters. The van der Waals surface area contributed by atoms with Crippen LogP contribution in [0.1, 0.15) is 36.0 Å². The molecular formula is C30H32N4O8. The Balaban J connectivity index is 1.85. The number of nitrogens with one attached hydrogen (secondary N) is 2. The van der Waals surface area contributed by atoms with Crippen molar-refractivity contribution >= 4 is 29.6 Å². The van der Waals surface area contributed by atoms with Crippen LogP contribution in [0.5, 0.6) is 0 Å². The van der Waals surface area contributed by atoms with E-state index in [1.54, 1.807) is 61.5 Å². The Morgan fingerprint density at radius 2 is 1.45 bits per heavy atom. The number of nitro benzene ring substituents is 1. The Hall–Kier alpha value is -5.26. The predicted octanol–water partition coefficient (Wildman–Crippen LogP) is 3.14. The molecule has 0 aromatic heterocycles. The molecule has 3 aromatic carbocycles. The lowest BCUT2D eigenvalue weighted by atomic mass is 9.87. The van der Waals surface area contributed by atoms with E-state index in [1.807, 2.05) is 6.07 Å². The molecule has 0 heterocycles. The summed E-state index contributed by atoms with van der Waals surface area (Å²) in [6.07, 6.45) is -1.15. The van der Waals surface area contributed by atoms with Crippen molar-refractivity contribution in [3.63, 3.8) is 0 Å². The molecule has 0 unspecified atom stereocenters. The molecule has 0 radical (unpaired) electrons. The lowest BCUT2D eigenvalue weighted by molar-refractivity contribution is -0.384. The first kappa shape index (κ1) is 31.3. The average Bonchev–Trinajstić information content (AvgIpc) is 2.98. The van der Waals surface area contributed by atoms with Crippen molar-refractivity contribution in [2.75, 3.05) is 6.61 Å². The van der Waals surface area contributed by atoms with Crippen LogP contribution in [0.4, 0.5) is 10.5 Å². The lowest BCUT2D eigenvalue weighted by Gasteiger charge is -2.28. The number of amides is 3. The topological polar surface area (TPSA) is 180 Å². The van der Waals surface area contributed by atoms with Gasteiger partial charge >= 0.3 is 12.1 Å². The monoisotopic (exact) mass is 576 g/mol. The van der Waals surface area contributed by atoms with Crippen LogP contribution in [-0.2, 0) is 36.9 Å². The molecule has 0 saturated heterocycles. The molecule has 4 N–H and O–H groups in total. The van der Waals surface area contributed by atoms with Crippen LogP contribution >= 0.6 is 0 Å². The second-order valence-corrected chi connectivity index (χ2v) is 9.30. The normalized spacial score (nSPS) is 12.7. The molecule has 0 fully saturated rings. The number of benzene rings is 3. The molecule has 0 aliphatic carbocycles. The van der Waals surface area contributed by atoms with Crippen LogP contribution in [0.25, 0.3) is 0 Å². The quantitative estimate of drug-likeness (QED) is 0.149. The van der Waals surface area contributed by atoms with Crippen molar-refractivity contribution in [1.29, 1.82) is 0 Å². The van der Waals surface area contributed by atoms with Gasteiger partial charge in [-0.1, -0.05) is 72.8 Å². The Bertz CT molecular complexity index is 1370. The van der Waals surface area contributed by atoms with Crippen LogP contribution in [0, 0.1) is 10.1 Å². The number of ether oxygens (including phenoxy) is 2. The minimum atomic E-state index is -1.43. The van der Waals surface area contributed by atoms with E-state index in [2.05, 4.69) is 10.6 Å². The van der Waals surface area contributed by atoms with Crippen LogP contribution < -0.4 is 16.4 Å². The van der Waals surface area contributed by atoms with Crippen molar-refractivity contribution in [2.45, 2.75) is 44.4 Å². The number of alkyl carbamates (subject to hydrolysis) is 1. The van der Waals surface area contributed by atoms with Crippen molar-refractivity contribution < 1.29 is 33.6 Å². The summed E-state index contributed by atoms with van der Waals surface area (Å²) in [5, 5.41) is 16.3. The second-order valence-electron chi connectivity index (χ2n) is 9.30. The van der Waals surface area contributed by atoms with E-state index in [0.29, 0.717) is 5.56 Å². The molecule has 0 aliphatic heterocycles. The summed E-state index contributed by atoms with van der Waals surface area (Å²) in [7, 11) is 0. The number of carbonyl (C=O) groups is 4. The zero-order valence-corrected chi connectivity index (χ0v) is 22.9. The van der Waals surface area contributed by atoms with Gasteiger partial charge in [0.2, 0.25) is 11.8 Å². The smallest absolute Gasteiger partial charge is 0.408 e. The van der Waals surface area contributed by atoms with Gasteiger partial charge in [0.05, 0.1) is 18.0 Å². The van der Waals surface area contributed by atoms with Crippen LogP contribution in [-0.4, -0.2) is 47.5 Å². The highest BCUT2D eigenvalue weighted by molar-refractivity contribution is 5.92. The molecule has 12 heteroatoms. The minimum absolute atomic E-state index is 0.0297. The number of carbonyl (C=O) groups excluding carboxylic acids is 4. The molecule has 0 spiro atoms. The fourth-order valence-electron chi connectivity index (χ4n) is 4.26. The van der Waals surface area contributed by atoms with Gasteiger partial charge in [-0.15, -0.1) is 0 Å². The summed E-state index contributed by atoms with van der Waals surface area (Å²) < 4.78 is 10.3. The van der Waals surface area contributed by atoms with E-state index in [0.717, 1.165) is 11.1 Å². The van der Waals surface area contributed by atoms with E-state index in [4.69, 9.17) is 15.2 Å². The molecule has 0 aliphatic rings. The van der Waals surface area contributed by atoms with Crippen LogP contribution in [0.2, 0.25) is 0 Å². The first-order valence-electron chi connectivity index (χ1n) is 13.2. The molecule has 42 heavy (non-hydrogen) atoms. The van der Waals surface area contributed by atoms with Crippen LogP contribution in [0.3, 0.4) is 0 Å². The number of nitrogens with two attached hydrogens (primary N) is 1. The Kier molecular flexibility index (Phi) is 11.5. The van der Waals surface area contributed by atoms with Gasteiger partial charge in [-0.3, -0.25) is 24.5 Å². The Labute approximate surface area is 242 Å². The third-order valence-corrected chi connectivity index (χ3v) is 6.33. The van der Waals surface area contributed by atoms with Gasteiger partial charge in [-0.05, 0) is 23.6 Å². The number of nitrogens with zero attached hydrogens (tertiary/aromatic N) is 1. The number of hydrogen-bond donors (Lipinski definition) is 3. The maximum atomic E-state index is 13.6. The van der Waals surface area contributed by atoms with E-state index < -0.39 is 46.8 Å². The predicted molar refractivity (Wildman–Crippen MR) is 152 cm³/mol. The highest BCUT2D eigenvalue weighted by Crippen LogP contribution is 2.27. The van der Waals surface area contributed by atoms with Crippen molar-refractivity contribution in [2.24, 2.45) is 5.73 Å². The molecular weight excluding hydrogens is 544 g/mol. The average molecular weight is 577 g/mol. The van der Waals surface area contributed by atoms with Gasteiger partial charge < -0.3 is 25.8 Å². The summed E-state index contributed by atoms with van der Waals surface area (Å²) in [4.78, 5) is 61.9. The van der Waals surface area contributed by atoms with Gasteiger partial charge in [-0.25, -0.2) is 4.79 Å². The van der Waals surface area contributed by atoms with Gasteiger partial charge in [0.15, 0.2) is 0 Å². The standard InChI is InChI=1S/C30H32N4O8/c1-2-41-26(35)18-24(22-13-15-23(16-14-22)34(39)40)27(28(31)36)33-29(37)25(17-20-9-5-3-6-10-20)32-30(38)42-19-21-11-7-4-8-12-21/h3-16,24-25,27H,2,17-19H2,1H3,(H2,31,36)(H,32,38)(H,33,37)/t24-,25+,27-/m1/s1. The highest BCUT2D eigenvalue weighted by Gasteiger charge is 2.34. The first-order valence-corrected chi connectivity index (χ1v) is 13.2. The van der Waals surface area contributed by atoms with Gasteiger partial charge in [0, 0.05) is 24.5 Å². The van der Waals surface area contributed by atoms with Crippen LogP contribution in [0.15, 0.2) is 84.9 Å². The molecule has 0 saturated carbocycles. The van der Waals surface area contributed by atoms with E-state index >= 15 is 0 Å². The molecule has 12 nitrogen and oxygen atoms in total. The van der Waals surface area contributed by atoms with E-state index in [9.17, 15) is 29.3 Å². The number of non-ortho nitro benzene ring substituents is 1. The first-order chi connectivity index (χ1) is 20.2. The fraction of sp³-hybridized carbons (Fsp3) is 0.267. The highest BCUT2D eigenvalue weighted by atomic mass is 16.6. The van der Waals surface area contributed by atoms with Gasteiger partial charge in [0.1, 0.15) is 18.7 Å². The van der Waals surface area contributed by atoms with Crippen molar-refractivity contribution in [3.8, 4) is 0 Å². The number of esters is 1. The maximum absolute atomic E-state index is 13.6. The number of rotatable bonds is 14. The summed E-state index contributed by atoms with van der Waals surface area (Å²) in [5.41, 5.74) is 7.30. The minimum Gasteiger partial charge on any atom is -0.466 e. The third-order valence-electron chi connectivity index (χ3n) is 6.33. The van der Waals surface area contributed by atoms with Gasteiger partial charge in [-0.2, -0.15) is 0 Å². The molecule has 3 amide bonds.